The number of hydrogen-bond acceptors (Lipinski definition) is 6. The maximum Gasteiger partial charge on any atom is 0.173 e. The van der Waals surface area contributed by atoms with Gasteiger partial charge in [0, 0.05) is 49.4 Å². The fraction of sp³-hybridized carbons (Fsp3) is 0.160. The number of anilines is 1. The monoisotopic (exact) mass is 430 g/mol. The Balaban J connectivity index is 1.73. The first-order chi connectivity index (χ1) is 15.7. The summed E-state index contributed by atoms with van der Waals surface area (Å²) in [6.07, 6.45) is 3.09. The van der Waals surface area contributed by atoms with Gasteiger partial charge in [0.2, 0.25) is 0 Å². The highest BCUT2D eigenvalue weighted by atomic mass is 19.1. The van der Waals surface area contributed by atoms with Gasteiger partial charge in [0.05, 0.1) is 12.2 Å². The van der Waals surface area contributed by atoms with E-state index in [1.807, 2.05) is 42.5 Å². The fourth-order valence-corrected chi connectivity index (χ4v) is 3.23. The molecule has 6 nitrogen and oxygen atoms in total. The smallest absolute Gasteiger partial charge is 0.173 e. The predicted molar refractivity (Wildman–Crippen MR) is 122 cm³/mol. The summed E-state index contributed by atoms with van der Waals surface area (Å²) in [6, 6.07) is 19.9. The summed E-state index contributed by atoms with van der Waals surface area (Å²) in [5.74, 6) is 0.951. The lowest BCUT2D eigenvalue weighted by atomic mass is 10.0. The van der Waals surface area contributed by atoms with Crippen LogP contribution in [0.1, 0.15) is 0 Å². The second kappa shape index (κ2) is 10.1. The van der Waals surface area contributed by atoms with Crippen molar-refractivity contribution < 1.29 is 13.9 Å². The van der Waals surface area contributed by atoms with Gasteiger partial charge in [-0.25, -0.2) is 14.4 Å². The summed E-state index contributed by atoms with van der Waals surface area (Å²) in [5, 5.41) is 3.26. The van der Waals surface area contributed by atoms with E-state index in [2.05, 4.69) is 15.3 Å². The zero-order valence-corrected chi connectivity index (χ0v) is 17.8. The number of rotatable bonds is 8. The number of halogens is 1. The lowest BCUT2D eigenvalue weighted by Gasteiger charge is -2.15. The van der Waals surface area contributed by atoms with E-state index in [1.54, 1.807) is 38.7 Å². The van der Waals surface area contributed by atoms with Gasteiger partial charge in [0.1, 0.15) is 11.6 Å². The maximum atomic E-state index is 13.3. The van der Waals surface area contributed by atoms with E-state index in [9.17, 15) is 4.39 Å². The quantitative estimate of drug-likeness (QED) is 0.395. The van der Waals surface area contributed by atoms with Gasteiger partial charge in [0.25, 0.3) is 0 Å². The number of nitrogens with one attached hydrogen (secondary N) is 1. The van der Waals surface area contributed by atoms with Crippen LogP contribution in [0.15, 0.2) is 79.1 Å². The number of benzene rings is 2. The van der Waals surface area contributed by atoms with E-state index < -0.39 is 6.29 Å². The van der Waals surface area contributed by atoms with Crippen molar-refractivity contribution in [3.8, 4) is 33.8 Å². The van der Waals surface area contributed by atoms with Gasteiger partial charge in [-0.1, -0.05) is 42.5 Å². The Bertz CT molecular complexity index is 1170. The molecule has 1 N–H and O–H groups in total. The molecule has 0 fully saturated rings. The van der Waals surface area contributed by atoms with E-state index >= 15 is 0 Å². The second-order valence-corrected chi connectivity index (χ2v) is 7.08. The second-order valence-electron chi connectivity index (χ2n) is 7.08. The fourth-order valence-electron chi connectivity index (χ4n) is 3.23. The third-order valence-electron chi connectivity index (χ3n) is 4.95. The predicted octanol–water partition coefficient (Wildman–Crippen LogP) is 5.04. The molecule has 4 rings (SSSR count). The number of ether oxygens (including phenoxy) is 2. The molecule has 0 saturated carbocycles. The summed E-state index contributed by atoms with van der Waals surface area (Å²) in [6.45, 7) is 0.422. The van der Waals surface area contributed by atoms with Gasteiger partial charge in [-0.05, 0) is 23.8 Å². The molecule has 162 valence electrons. The molecular weight excluding hydrogens is 407 g/mol. The zero-order valence-electron chi connectivity index (χ0n) is 17.8. The largest absolute Gasteiger partial charge is 0.365 e. The molecule has 4 aromatic rings. The topological polar surface area (TPSA) is 69.2 Å². The molecule has 2 heterocycles. The SMILES string of the molecule is COC(CNc1cc(-c2cncc(-c3ccc(F)cc3)c2)nc(-c2ccccc2)n1)OC. The Labute approximate surface area is 186 Å². The summed E-state index contributed by atoms with van der Waals surface area (Å²) in [4.78, 5) is 13.8. The van der Waals surface area contributed by atoms with Crippen LogP contribution in [-0.2, 0) is 9.47 Å². The number of pyridine rings is 1. The standard InChI is InChI=1S/C25H23FN4O2/c1-31-24(32-2)16-28-23-13-22(29-25(30-23)18-6-4-3-5-7-18)20-12-19(14-27-15-20)17-8-10-21(26)11-9-17/h3-15,24H,16H2,1-2H3,(H,28,29,30). The van der Waals surface area contributed by atoms with E-state index in [1.165, 1.54) is 12.1 Å². The number of aromatic nitrogens is 3. The van der Waals surface area contributed by atoms with Crippen LogP contribution in [-0.4, -0.2) is 42.0 Å². The van der Waals surface area contributed by atoms with Crippen LogP contribution in [0.25, 0.3) is 33.8 Å². The lowest BCUT2D eigenvalue weighted by molar-refractivity contribution is -0.0914. The van der Waals surface area contributed by atoms with Crippen LogP contribution >= 0.6 is 0 Å². The highest BCUT2D eigenvalue weighted by molar-refractivity contribution is 5.72. The third-order valence-corrected chi connectivity index (χ3v) is 4.95. The van der Waals surface area contributed by atoms with Gasteiger partial charge in [-0.2, -0.15) is 0 Å². The Hall–Kier alpha value is -3.68. The zero-order chi connectivity index (χ0) is 22.3. The van der Waals surface area contributed by atoms with Crippen molar-refractivity contribution >= 4 is 5.82 Å². The molecule has 0 aliphatic carbocycles. The average Bonchev–Trinajstić information content (AvgIpc) is 2.85. The van der Waals surface area contributed by atoms with Crippen molar-refractivity contribution in [2.45, 2.75) is 6.29 Å². The first-order valence-electron chi connectivity index (χ1n) is 10.1. The highest BCUT2D eigenvalue weighted by Crippen LogP contribution is 2.27. The molecule has 0 aliphatic heterocycles. The Morgan fingerprint density at radius 3 is 2.25 bits per heavy atom. The summed E-state index contributed by atoms with van der Waals surface area (Å²) >= 11 is 0. The molecule has 7 heteroatoms. The van der Waals surface area contributed by atoms with Crippen molar-refractivity contribution in [2.75, 3.05) is 26.1 Å². The first kappa shape index (κ1) is 21.5. The maximum absolute atomic E-state index is 13.3. The van der Waals surface area contributed by atoms with Crippen molar-refractivity contribution in [1.82, 2.24) is 15.0 Å². The summed E-state index contributed by atoms with van der Waals surface area (Å²) in [7, 11) is 3.17. The summed E-state index contributed by atoms with van der Waals surface area (Å²) in [5.41, 5.74) is 4.18. The van der Waals surface area contributed by atoms with Crippen LogP contribution in [0.4, 0.5) is 10.2 Å². The average molecular weight is 430 g/mol. The van der Waals surface area contributed by atoms with Crippen LogP contribution in [0.5, 0.6) is 0 Å². The molecule has 2 aromatic carbocycles. The van der Waals surface area contributed by atoms with Crippen LogP contribution in [0.2, 0.25) is 0 Å². The number of hydrogen-bond donors (Lipinski definition) is 1. The molecule has 0 amide bonds. The molecule has 0 saturated heterocycles. The van der Waals surface area contributed by atoms with Crippen LogP contribution in [0, 0.1) is 5.82 Å². The van der Waals surface area contributed by atoms with Crippen molar-refractivity contribution in [3.05, 3.63) is 84.9 Å². The molecule has 0 unspecified atom stereocenters. The van der Waals surface area contributed by atoms with Gasteiger partial charge in [0.15, 0.2) is 12.1 Å². The van der Waals surface area contributed by atoms with E-state index in [4.69, 9.17) is 14.5 Å². The van der Waals surface area contributed by atoms with Crippen molar-refractivity contribution in [3.63, 3.8) is 0 Å². The molecule has 2 aromatic heterocycles. The van der Waals surface area contributed by atoms with E-state index in [0.717, 1.165) is 22.3 Å². The normalized spacial score (nSPS) is 11.0. The first-order valence-corrected chi connectivity index (χ1v) is 10.1. The molecule has 0 spiro atoms. The minimum Gasteiger partial charge on any atom is -0.365 e. The Morgan fingerprint density at radius 1 is 0.812 bits per heavy atom. The van der Waals surface area contributed by atoms with Gasteiger partial charge in [-0.15, -0.1) is 0 Å². The van der Waals surface area contributed by atoms with Crippen molar-refractivity contribution in [2.24, 2.45) is 0 Å². The molecular formula is C25H23FN4O2. The highest BCUT2D eigenvalue weighted by Gasteiger charge is 2.12. The number of nitrogens with zero attached hydrogens (tertiary/aromatic N) is 3. The van der Waals surface area contributed by atoms with Crippen LogP contribution in [0.3, 0.4) is 0 Å². The molecule has 32 heavy (non-hydrogen) atoms. The van der Waals surface area contributed by atoms with Crippen molar-refractivity contribution in [1.29, 1.82) is 0 Å². The van der Waals surface area contributed by atoms with E-state index in [-0.39, 0.29) is 5.82 Å². The third kappa shape index (κ3) is 5.14. The van der Waals surface area contributed by atoms with E-state index in [0.29, 0.717) is 23.9 Å². The van der Waals surface area contributed by atoms with Gasteiger partial charge in [-0.3, -0.25) is 4.98 Å². The lowest BCUT2D eigenvalue weighted by Crippen LogP contribution is -2.24. The summed E-state index contributed by atoms with van der Waals surface area (Å²) < 4.78 is 23.8. The molecule has 0 radical (unpaired) electrons. The minimum absolute atomic E-state index is 0.276. The molecule has 0 bridgehead atoms. The minimum atomic E-state index is -0.405. The molecule has 0 aliphatic rings. The van der Waals surface area contributed by atoms with Gasteiger partial charge < -0.3 is 14.8 Å². The van der Waals surface area contributed by atoms with Gasteiger partial charge >= 0.3 is 0 Å². The molecule has 0 atom stereocenters. The van der Waals surface area contributed by atoms with Crippen LogP contribution < -0.4 is 5.32 Å². The Kier molecular flexibility index (Phi) is 6.79. The Morgan fingerprint density at radius 2 is 1.53 bits per heavy atom. The number of methoxy groups -OCH3 is 2.